The molecule has 1 heterocycles. The van der Waals surface area contributed by atoms with Crippen molar-refractivity contribution in [1.82, 2.24) is 5.32 Å². The fraction of sp³-hybridized carbons (Fsp3) is 0.688. The Kier molecular flexibility index (Phi) is 8.08. The third-order valence-electron chi connectivity index (χ3n) is 3.46. The molecule has 0 aliphatic carbocycles. The number of rotatable bonds is 11. The molecule has 0 spiro atoms. The van der Waals surface area contributed by atoms with E-state index in [-0.39, 0.29) is 11.3 Å². The maximum Gasteiger partial charge on any atom is 0.220 e. The first-order valence-electron chi connectivity index (χ1n) is 7.60. The minimum atomic E-state index is 0.103. The Morgan fingerprint density at radius 3 is 2.90 bits per heavy atom. The molecule has 5 nitrogen and oxygen atoms in total. The number of carbonyl (C=O) groups is 1. The Labute approximate surface area is 127 Å². The van der Waals surface area contributed by atoms with Crippen molar-refractivity contribution in [1.29, 1.82) is 0 Å². The number of hydrogen-bond acceptors (Lipinski definition) is 4. The molecule has 5 heteroatoms. The number of furan rings is 1. The SMILES string of the molecule is CC(C)(CCN)CCC(=O)NCCCOCc1ccco1. The minimum absolute atomic E-state index is 0.103. The second kappa shape index (κ2) is 9.58. The molecule has 0 fully saturated rings. The zero-order valence-electron chi connectivity index (χ0n) is 13.2. The van der Waals surface area contributed by atoms with Crippen LogP contribution in [0.4, 0.5) is 0 Å². The highest BCUT2D eigenvalue weighted by Gasteiger charge is 2.17. The second-order valence-corrected chi connectivity index (χ2v) is 6.04. The average molecular weight is 296 g/mol. The summed E-state index contributed by atoms with van der Waals surface area (Å²) >= 11 is 0. The van der Waals surface area contributed by atoms with Crippen molar-refractivity contribution in [3.05, 3.63) is 24.2 Å². The van der Waals surface area contributed by atoms with E-state index in [1.54, 1.807) is 6.26 Å². The van der Waals surface area contributed by atoms with Crippen molar-refractivity contribution in [3.8, 4) is 0 Å². The van der Waals surface area contributed by atoms with E-state index in [1.165, 1.54) is 0 Å². The molecule has 0 saturated heterocycles. The fourth-order valence-corrected chi connectivity index (χ4v) is 2.03. The fourth-order valence-electron chi connectivity index (χ4n) is 2.03. The summed E-state index contributed by atoms with van der Waals surface area (Å²) in [5.41, 5.74) is 5.70. The monoisotopic (exact) mass is 296 g/mol. The van der Waals surface area contributed by atoms with Crippen LogP contribution in [0, 0.1) is 5.41 Å². The van der Waals surface area contributed by atoms with Crippen LogP contribution in [0.1, 0.15) is 45.3 Å². The normalized spacial score (nSPS) is 11.6. The van der Waals surface area contributed by atoms with Crippen molar-refractivity contribution in [2.75, 3.05) is 19.7 Å². The number of nitrogens with one attached hydrogen (secondary N) is 1. The molecule has 0 atom stereocenters. The van der Waals surface area contributed by atoms with E-state index in [4.69, 9.17) is 14.9 Å². The minimum Gasteiger partial charge on any atom is -0.467 e. The van der Waals surface area contributed by atoms with Crippen LogP contribution in [0.2, 0.25) is 0 Å². The van der Waals surface area contributed by atoms with Crippen molar-refractivity contribution < 1.29 is 13.9 Å². The summed E-state index contributed by atoms with van der Waals surface area (Å²) in [6.45, 7) is 6.70. The maximum absolute atomic E-state index is 11.7. The summed E-state index contributed by atoms with van der Waals surface area (Å²) in [7, 11) is 0. The molecule has 0 aliphatic rings. The van der Waals surface area contributed by atoms with Crippen LogP contribution in [-0.2, 0) is 16.1 Å². The van der Waals surface area contributed by atoms with Gasteiger partial charge in [-0.05, 0) is 43.4 Å². The van der Waals surface area contributed by atoms with Crippen LogP contribution in [-0.4, -0.2) is 25.6 Å². The molecule has 0 aromatic carbocycles. The van der Waals surface area contributed by atoms with Crippen molar-refractivity contribution in [3.63, 3.8) is 0 Å². The molecular weight excluding hydrogens is 268 g/mol. The molecular formula is C16H28N2O3. The largest absolute Gasteiger partial charge is 0.467 e. The second-order valence-electron chi connectivity index (χ2n) is 6.04. The molecule has 0 aliphatic heterocycles. The number of carbonyl (C=O) groups excluding carboxylic acids is 1. The Morgan fingerprint density at radius 1 is 1.43 bits per heavy atom. The first kappa shape index (κ1) is 17.7. The Balaban J connectivity index is 1.98. The van der Waals surface area contributed by atoms with Crippen LogP contribution in [0.15, 0.2) is 22.8 Å². The van der Waals surface area contributed by atoms with Gasteiger partial charge in [-0.3, -0.25) is 4.79 Å². The highest BCUT2D eigenvalue weighted by atomic mass is 16.5. The molecule has 3 N–H and O–H groups in total. The lowest BCUT2D eigenvalue weighted by molar-refractivity contribution is -0.121. The highest BCUT2D eigenvalue weighted by Crippen LogP contribution is 2.25. The number of ether oxygens (including phenoxy) is 1. The molecule has 1 rings (SSSR count). The Bertz CT molecular complexity index is 388. The van der Waals surface area contributed by atoms with E-state index in [2.05, 4.69) is 19.2 Å². The molecule has 21 heavy (non-hydrogen) atoms. The standard InChI is InChI=1S/C16H28N2O3/c1-16(2,8-9-17)7-6-15(19)18-10-4-11-20-13-14-5-3-12-21-14/h3,5,12H,4,6-11,13,17H2,1-2H3,(H,18,19). The predicted octanol–water partition coefficient (Wildman–Crippen LogP) is 2.46. The predicted molar refractivity (Wildman–Crippen MR) is 82.7 cm³/mol. The number of hydrogen-bond donors (Lipinski definition) is 2. The summed E-state index contributed by atoms with van der Waals surface area (Å²) < 4.78 is 10.6. The quantitative estimate of drug-likeness (QED) is 0.615. The average Bonchev–Trinajstić information content (AvgIpc) is 2.93. The third-order valence-corrected chi connectivity index (χ3v) is 3.46. The zero-order valence-corrected chi connectivity index (χ0v) is 13.2. The summed E-state index contributed by atoms with van der Waals surface area (Å²) in [6, 6.07) is 3.72. The van der Waals surface area contributed by atoms with Gasteiger partial charge in [0.1, 0.15) is 12.4 Å². The van der Waals surface area contributed by atoms with Gasteiger partial charge in [0, 0.05) is 19.6 Å². The topological polar surface area (TPSA) is 77.5 Å². The molecule has 0 unspecified atom stereocenters. The highest BCUT2D eigenvalue weighted by molar-refractivity contribution is 5.75. The molecule has 120 valence electrons. The van der Waals surface area contributed by atoms with Gasteiger partial charge in [0.15, 0.2) is 0 Å². The van der Waals surface area contributed by atoms with Gasteiger partial charge in [-0.2, -0.15) is 0 Å². The number of nitrogens with two attached hydrogens (primary N) is 1. The summed E-state index contributed by atoms with van der Waals surface area (Å²) in [5, 5.41) is 2.92. The van der Waals surface area contributed by atoms with Crippen molar-refractivity contribution in [2.45, 2.75) is 46.1 Å². The lowest BCUT2D eigenvalue weighted by Crippen LogP contribution is -2.27. The smallest absolute Gasteiger partial charge is 0.220 e. The molecule has 0 bridgehead atoms. The van der Waals surface area contributed by atoms with Gasteiger partial charge >= 0.3 is 0 Å². The van der Waals surface area contributed by atoms with Crippen molar-refractivity contribution in [2.24, 2.45) is 11.1 Å². The van der Waals surface area contributed by atoms with Gasteiger partial charge in [-0.25, -0.2) is 0 Å². The van der Waals surface area contributed by atoms with Gasteiger partial charge in [0.05, 0.1) is 6.26 Å². The summed E-state index contributed by atoms with van der Waals surface area (Å²) in [4.78, 5) is 11.7. The van der Waals surface area contributed by atoms with Gasteiger partial charge < -0.3 is 20.2 Å². The summed E-state index contributed by atoms with van der Waals surface area (Å²) in [6.07, 6.45) is 4.80. The van der Waals surface area contributed by atoms with Gasteiger partial charge in [0.2, 0.25) is 5.91 Å². The van der Waals surface area contributed by atoms with Crippen LogP contribution in [0.3, 0.4) is 0 Å². The first-order valence-corrected chi connectivity index (χ1v) is 7.60. The van der Waals surface area contributed by atoms with E-state index in [9.17, 15) is 4.79 Å². The lowest BCUT2D eigenvalue weighted by Gasteiger charge is -2.23. The Hall–Kier alpha value is -1.33. The van der Waals surface area contributed by atoms with Crippen LogP contribution in [0.25, 0.3) is 0 Å². The van der Waals surface area contributed by atoms with Crippen LogP contribution >= 0.6 is 0 Å². The van der Waals surface area contributed by atoms with E-state index in [1.807, 2.05) is 12.1 Å². The molecule has 0 saturated carbocycles. The molecule has 1 amide bonds. The van der Waals surface area contributed by atoms with Gasteiger partial charge in [-0.1, -0.05) is 13.8 Å². The van der Waals surface area contributed by atoms with E-state index < -0.39 is 0 Å². The van der Waals surface area contributed by atoms with Gasteiger partial charge in [0.25, 0.3) is 0 Å². The van der Waals surface area contributed by atoms with Crippen molar-refractivity contribution >= 4 is 5.91 Å². The van der Waals surface area contributed by atoms with E-state index in [0.29, 0.717) is 32.7 Å². The van der Waals surface area contributed by atoms with E-state index >= 15 is 0 Å². The third kappa shape index (κ3) is 8.52. The van der Waals surface area contributed by atoms with Gasteiger partial charge in [-0.15, -0.1) is 0 Å². The molecule has 1 aromatic rings. The molecule has 0 radical (unpaired) electrons. The molecule has 1 aromatic heterocycles. The number of amides is 1. The zero-order chi connectivity index (χ0) is 15.6. The van der Waals surface area contributed by atoms with Crippen LogP contribution < -0.4 is 11.1 Å². The Morgan fingerprint density at radius 2 is 2.24 bits per heavy atom. The first-order chi connectivity index (χ1) is 10.0. The van der Waals surface area contributed by atoms with Crippen LogP contribution in [0.5, 0.6) is 0 Å². The maximum atomic E-state index is 11.7. The lowest BCUT2D eigenvalue weighted by atomic mass is 9.84. The van der Waals surface area contributed by atoms with E-state index in [0.717, 1.165) is 25.0 Å². The summed E-state index contributed by atoms with van der Waals surface area (Å²) in [5.74, 6) is 0.923.